The number of aliphatic imine (C=N–C) groups is 1. The molecule has 0 aliphatic carbocycles. The van der Waals surface area contributed by atoms with E-state index in [9.17, 15) is 4.39 Å². The molecule has 1 aliphatic rings. The summed E-state index contributed by atoms with van der Waals surface area (Å²) >= 11 is 0. The summed E-state index contributed by atoms with van der Waals surface area (Å²) in [4.78, 5) is 4.08. The van der Waals surface area contributed by atoms with E-state index in [2.05, 4.69) is 23.0 Å². The van der Waals surface area contributed by atoms with Crippen molar-refractivity contribution in [3.63, 3.8) is 0 Å². The molecule has 0 radical (unpaired) electrons. The number of ether oxygens (including phenoxy) is 1. The van der Waals surface area contributed by atoms with E-state index in [0.717, 1.165) is 29.7 Å². The van der Waals surface area contributed by atoms with Gasteiger partial charge in [0.1, 0.15) is 0 Å². The number of nitrogens with one attached hydrogen (secondary N) is 1. The first kappa shape index (κ1) is 19.8. The fraction of sp³-hybridized carbons (Fsp3) is 0.389. The predicted molar refractivity (Wildman–Crippen MR) is 87.5 cm³/mol. The molecule has 124 valence electrons. The van der Waals surface area contributed by atoms with Gasteiger partial charge in [0.05, 0.1) is 12.7 Å². The average molecular weight is 353 g/mol. The third kappa shape index (κ3) is 6.04. The molecule has 1 N–H and O–H groups in total. The van der Waals surface area contributed by atoms with Gasteiger partial charge >= 0.3 is 0 Å². The van der Waals surface area contributed by atoms with E-state index in [1.54, 1.807) is 18.5 Å². The van der Waals surface area contributed by atoms with Gasteiger partial charge in [-0.05, 0) is 25.5 Å². The quantitative estimate of drug-likeness (QED) is 0.627. The van der Waals surface area contributed by atoms with Gasteiger partial charge in [-0.15, -0.1) is 17.7 Å². The van der Waals surface area contributed by atoms with E-state index < -0.39 is 0 Å². The van der Waals surface area contributed by atoms with Gasteiger partial charge in [0.2, 0.25) is 0 Å². The first-order chi connectivity index (χ1) is 10.6. The van der Waals surface area contributed by atoms with Gasteiger partial charge in [0.15, 0.2) is 0 Å². The van der Waals surface area contributed by atoms with E-state index in [0.29, 0.717) is 6.61 Å². The SMILES string of the molecule is C=CC=N/C=C(\C)CO[C@@H]1CCNC1c1[c-]c(C)cc(F)c1.[Cr]. The molecule has 1 aliphatic heterocycles. The second-order valence-corrected chi connectivity index (χ2v) is 5.52. The maximum Gasteiger partial charge on any atom is 0.0765 e. The van der Waals surface area contributed by atoms with Gasteiger partial charge in [0, 0.05) is 41.6 Å². The van der Waals surface area contributed by atoms with Gasteiger partial charge in [-0.25, -0.2) is 4.39 Å². The Kier molecular flexibility index (Phi) is 8.43. The molecule has 1 unspecified atom stereocenters. The zero-order valence-electron chi connectivity index (χ0n) is 13.5. The Hall–Kier alpha value is -1.25. The van der Waals surface area contributed by atoms with Crippen molar-refractivity contribution in [3.8, 4) is 0 Å². The molecule has 1 aromatic rings. The summed E-state index contributed by atoms with van der Waals surface area (Å²) in [6.45, 7) is 8.75. The Morgan fingerprint density at radius 2 is 2.35 bits per heavy atom. The van der Waals surface area contributed by atoms with Crippen LogP contribution in [0.4, 0.5) is 4.39 Å². The number of nitrogens with zero attached hydrogens (tertiary/aromatic N) is 1. The molecule has 1 heterocycles. The number of rotatable bonds is 6. The van der Waals surface area contributed by atoms with Crippen molar-refractivity contribution in [3.05, 3.63) is 59.6 Å². The van der Waals surface area contributed by atoms with Crippen LogP contribution in [0.5, 0.6) is 0 Å². The number of halogens is 1. The van der Waals surface area contributed by atoms with Crippen LogP contribution in [0, 0.1) is 18.8 Å². The van der Waals surface area contributed by atoms with Crippen LogP contribution in [0.2, 0.25) is 0 Å². The van der Waals surface area contributed by atoms with Gasteiger partial charge in [0.25, 0.3) is 0 Å². The number of aryl methyl sites for hydroxylation is 1. The number of hydrogen-bond acceptors (Lipinski definition) is 3. The second kappa shape index (κ2) is 9.79. The average Bonchev–Trinajstić information content (AvgIpc) is 2.93. The van der Waals surface area contributed by atoms with Crippen LogP contribution < -0.4 is 5.32 Å². The van der Waals surface area contributed by atoms with Gasteiger partial charge in [-0.2, -0.15) is 11.6 Å². The molecule has 2 rings (SSSR count). The summed E-state index contributed by atoms with van der Waals surface area (Å²) in [6.07, 6.45) is 5.94. The Labute approximate surface area is 148 Å². The normalized spacial score (nSPS) is 21.4. The molecule has 23 heavy (non-hydrogen) atoms. The second-order valence-electron chi connectivity index (χ2n) is 5.52. The van der Waals surface area contributed by atoms with Crippen molar-refractivity contribution in [2.45, 2.75) is 32.4 Å². The molecule has 0 bridgehead atoms. The van der Waals surface area contributed by atoms with E-state index in [4.69, 9.17) is 4.74 Å². The minimum absolute atomic E-state index is 0. The van der Waals surface area contributed by atoms with Crippen LogP contribution in [-0.4, -0.2) is 25.5 Å². The van der Waals surface area contributed by atoms with Crippen molar-refractivity contribution in [2.75, 3.05) is 13.2 Å². The first-order valence-corrected chi connectivity index (χ1v) is 7.44. The molecule has 5 heteroatoms. The number of allylic oxidation sites excluding steroid dienone is 1. The molecule has 1 aromatic carbocycles. The Bertz CT molecular complexity index is 566. The third-order valence-corrected chi connectivity index (χ3v) is 3.50. The van der Waals surface area contributed by atoms with Crippen molar-refractivity contribution >= 4 is 6.21 Å². The van der Waals surface area contributed by atoms with Crippen molar-refractivity contribution < 1.29 is 26.5 Å². The molecule has 0 spiro atoms. The maximum atomic E-state index is 13.6. The monoisotopic (exact) mass is 353 g/mol. The zero-order valence-corrected chi connectivity index (χ0v) is 14.8. The Morgan fingerprint density at radius 1 is 1.57 bits per heavy atom. The van der Waals surface area contributed by atoms with Crippen LogP contribution >= 0.6 is 0 Å². The van der Waals surface area contributed by atoms with Gasteiger partial charge in [-0.1, -0.05) is 19.6 Å². The fourth-order valence-electron chi connectivity index (χ4n) is 2.54. The summed E-state index contributed by atoms with van der Waals surface area (Å²) < 4.78 is 19.5. The van der Waals surface area contributed by atoms with Crippen LogP contribution in [-0.2, 0) is 22.1 Å². The van der Waals surface area contributed by atoms with Crippen molar-refractivity contribution in [1.82, 2.24) is 5.32 Å². The van der Waals surface area contributed by atoms with Crippen molar-refractivity contribution in [1.29, 1.82) is 0 Å². The van der Waals surface area contributed by atoms with Gasteiger partial charge in [-0.3, -0.25) is 4.99 Å². The minimum atomic E-state index is -0.228. The molecule has 0 aromatic heterocycles. The predicted octanol–water partition coefficient (Wildman–Crippen LogP) is 3.51. The summed E-state index contributed by atoms with van der Waals surface area (Å²) in [6, 6.07) is 6.22. The largest absolute Gasteiger partial charge is 0.372 e. The molecular weight excluding hydrogens is 331 g/mol. The molecule has 1 saturated heterocycles. The van der Waals surface area contributed by atoms with Crippen LogP contribution in [0.1, 0.15) is 30.5 Å². The van der Waals surface area contributed by atoms with E-state index in [-0.39, 0.29) is 35.3 Å². The van der Waals surface area contributed by atoms with Crippen LogP contribution in [0.25, 0.3) is 0 Å². The minimum Gasteiger partial charge on any atom is -0.372 e. The third-order valence-electron chi connectivity index (χ3n) is 3.50. The summed E-state index contributed by atoms with van der Waals surface area (Å²) in [5, 5.41) is 3.37. The van der Waals surface area contributed by atoms with Crippen LogP contribution in [0.3, 0.4) is 0 Å². The van der Waals surface area contributed by atoms with Gasteiger partial charge < -0.3 is 10.1 Å². The summed E-state index contributed by atoms with van der Waals surface area (Å²) in [5.41, 5.74) is 2.66. The van der Waals surface area contributed by atoms with E-state index in [1.807, 2.05) is 13.8 Å². The summed E-state index contributed by atoms with van der Waals surface area (Å²) in [7, 11) is 0. The van der Waals surface area contributed by atoms with E-state index in [1.165, 1.54) is 12.1 Å². The molecule has 3 nitrogen and oxygen atoms in total. The maximum absolute atomic E-state index is 13.6. The first-order valence-electron chi connectivity index (χ1n) is 7.44. The molecule has 1 fully saturated rings. The molecular formula is C18H22CrFN2O-. The fourth-order valence-corrected chi connectivity index (χ4v) is 2.54. The smallest absolute Gasteiger partial charge is 0.0765 e. The molecule has 2 atom stereocenters. The van der Waals surface area contributed by atoms with Crippen molar-refractivity contribution in [2.24, 2.45) is 4.99 Å². The van der Waals surface area contributed by atoms with Crippen LogP contribution in [0.15, 0.2) is 41.6 Å². The standard InChI is InChI=1S/C18H22FN2O.Cr/c1-4-6-20-11-14(3)12-22-17-5-7-21-18(17)15-8-13(2)9-16(19)10-15;/h4,6,9-11,17-18,21H,1,5,7,12H2,2-3H3;/q-1;/b14-11+,20-6?;/t17-,18?;/m1./s1. The number of benzene rings is 1. The summed E-state index contributed by atoms with van der Waals surface area (Å²) in [5.74, 6) is -0.228. The Balaban J connectivity index is 0.00000264. The van der Waals surface area contributed by atoms with E-state index >= 15 is 0 Å². The Morgan fingerprint density at radius 3 is 3.04 bits per heavy atom. The number of hydrogen-bond donors (Lipinski definition) is 1. The topological polar surface area (TPSA) is 33.6 Å². The molecule has 0 saturated carbocycles. The zero-order chi connectivity index (χ0) is 15.9. The molecule has 0 amide bonds.